The second-order valence-electron chi connectivity index (χ2n) is 4.17. The standard InChI is InChI=1S/C11H18N4O/c1-3-5-15-6-4-13-10(11(15)16)14(2)9-7-12-8-9/h4,6,9,12H,3,5,7-8H2,1-2H3. The summed E-state index contributed by atoms with van der Waals surface area (Å²) in [6, 6.07) is 0.401. The van der Waals surface area contributed by atoms with E-state index in [-0.39, 0.29) is 5.56 Å². The van der Waals surface area contributed by atoms with Gasteiger partial charge in [-0.25, -0.2) is 4.98 Å². The molecule has 1 fully saturated rings. The van der Waals surface area contributed by atoms with Crippen LogP contribution in [0.5, 0.6) is 0 Å². The Labute approximate surface area is 95.1 Å². The van der Waals surface area contributed by atoms with E-state index in [1.165, 1.54) is 0 Å². The lowest BCUT2D eigenvalue weighted by molar-refractivity contribution is 0.425. The summed E-state index contributed by atoms with van der Waals surface area (Å²) < 4.78 is 1.73. The Morgan fingerprint density at radius 3 is 2.94 bits per heavy atom. The van der Waals surface area contributed by atoms with Crippen LogP contribution >= 0.6 is 0 Å². The SMILES string of the molecule is CCCn1ccnc(N(C)C2CNC2)c1=O. The van der Waals surface area contributed by atoms with Crippen LogP contribution in [0.4, 0.5) is 5.82 Å². The summed E-state index contributed by atoms with van der Waals surface area (Å²) in [5.41, 5.74) is 0.0127. The second-order valence-corrected chi connectivity index (χ2v) is 4.17. The van der Waals surface area contributed by atoms with E-state index in [9.17, 15) is 4.79 Å². The third-order valence-electron chi connectivity index (χ3n) is 3.00. The number of hydrogen-bond acceptors (Lipinski definition) is 4. The fraction of sp³-hybridized carbons (Fsp3) is 0.636. The molecule has 0 amide bonds. The van der Waals surface area contributed by atoms with Gasteiger partial charge >= 0.3 is 0 Å². The molecule has 0 atom stereocenters. The fourth-order valence-corrected chi connectivity index (χ4v) is 1.81. The molecule has 1 aliphatic heterocycles. The number of anilines is 1. The molecule has 0 aromatic carbocycles. The number of nitrogens with zero attached hydrogens (tertiary/aromatic N) is 3. The number of aryl methyl sites for hydroxylation is 1. The zero-order valence-electron chi connectivity index (χ0n) is 9.81. The van der Waals surface area contributed by atoms with Crippen molar-refractivity contribution < 1.29 is 0 Å². The molecule has 2 rings (SSSR count). The monoisotopic (exact) mass is 222 g/mol. The molecule has 0 bridgehead atoms. The van der Waals surface area contributed by atoms with Crippen molar-refractivity contribution >= 4 is 5.82 Å². The van der Waals surface area contributed by atoms with Crippen molar-refractivity contribution in [1.82, 2.24) is 14.9 Å². The number of likely N-dealkylation sites (N-methyl/N-ethyl adjacent to an activating group) is 1. The van der Waals surface area contributed by atoms with Gasteiger partial charge in [0.1, 0.15) is 0 Å². The predicted molar refractivity (Wildman–Crippen MR) is 63.8 cm³/mol. The summed E-state index contributed by atoms with van der Waals surface area (Å²) in [6.07, 6.45) is 4.41. The fourth-order valence-electron chi connectivity index (χ4n) is 1.81. The molecule has 0 spiro atoms. The molecule has 88 valence electrons. The first-order valence-corrected chi connectivity index (χ1v) is 5.73. The number of nitrogens with one attached hydrogen (secondary N) is 1. The lowest BCUT2D eigenvalue weighted by Gasteiger charge is -2.35. The van der Waals surface area contributed by atoms with Crippen LogP contribution in [0.3, 0.4) is 0 Å². The quantitative estimate of drug-likeness (QED) is 0.783. The first-order chi connectivity index (χ1) is 7.74. The Morgan fingerprint density at radius 1 is 1.62 bits per heavy atom. The van der Waals surface area contributed by atoms with Crippen LogP contribution in [-0.2, 0) is 6.54 Å². The van der Waals surface area contributed by atoms with E-state index in [4.69, 9.17) is 0 Å². The number of rotatable bonds is 4. The van der Waals surface area contributed by atoms with Crippen molar-refractivity contribution in [3.05, 3.63) is 22.7 Å². The Bertz CT molecular complexity index is 411. The largest absolute Gasteiger partial charge is 0.350 e. The van der Waals surface area contributed by atoms with E-state index in [0.717, 1.165) is 26.1 Å². The minimum absolute atomic E-state index is 0.0127. The van der Waals surface area contributed by atoms with Crippen LogP contribution in [0.25, 0.3) is 0 Å². The molecule has 2 heterocycles. The van der Waals surface area contributed by atoms with Crippen molar-refractivity contribution in [2.45, 2.75) is 25.9 Å². The van der Waals surface area contributed by atoms with Gasteiger partial charge in [-0.15, -0.1) is 0 Å². The molecule has 16 heavy (non-hydrogen) atoms. The van der Waals surface area contributed by atoms with Crippen LogP contribution in [0.15, 0.2) is 17.2 Å². The van der Waals surface area contributed by atoms with Crippen molar-refractivity contribution in [2.24, 2.45) is 0 Å². The van der Waals surface area contributed by atoms with Gasteiger partial charge in [-0.3, -0.25) is 4.79 Å². The van der Waals surface area contributed by atoms with Gasteiger partial charge in [-0.1, -0.05) is 6.92 Å². The molecule has 1 aromatic rings. The van der Waals surface area contributed by atoms with Gasteiger partial charge in [-0.2, -0.15) is 0 Å². The molecule has 1 aliphatic rings. The van der Waals surface area contributed by atoms with E-state index < -0.39 is 0 Å². The maximum Gasteiger partial charge on any atom is 0.293 e. The molecule has 1 aromatic heterocycles. The molecule has 0 radical (unpaired) electrons. The topological polar surface area (TPSA) is 50.2 Å². The van der Waals surface area contributed by atoms with E-state index in [0.29, 0.717) is 11.9 Å². The van der Waals surface area contributed by atoms with Gasteiger partial charge in [0.2, 0.25) is 0 Å². The highest BCUT2D eigenvalue weighted by Crippen LogP contribution is 2.09. The third kappa shape index (κ3) is 1.95. The molecule has 0 saturated carbocycles. The highest BCUT2D eigenvalue weighted by molar-refractivity contribution is 5.37. The van der Waals surface area contributed by atoms with Crippen LogP contribution in [-0.4, -0.2) is 35.7 Å². The van der Waals surface area contributed by atoms with E-state index in [2.05, 4.69) is 17.2 Å². The second kappa shape index (κ2) is 4.65. The van der Waals surface area contributed by atoms with Crippen molar-refractivity contribution in [2.75, 3.05) is 25.0 Å². The third-order valence-corrected chi connectivity index (χ3v) is 3.00. The molecule has 1 saturated heterocycles. The van der Waals surface area contributed by atoms with Gasteiger partial charge in [0.15, 0.2) is 5.82 Å². The van der Waals surface area contributed by atoms with E-state index >= 15 is 0 Å². The van der Waals surface area contributed by atoms with Crippen LogP contribution in [0.1, 0.15) is 13.3 Å². The minimum Gasteiger partial charge on any atom is -0.350 e. The zero-order chi connectivity index (χ0) is 11.5. The molecular formula is C11H18N4O. The summed E-state index contributed by atoms with van der Waals surface area (Å²) in [5.74, 6) is 0.558. The number of aromatic nitrogens is 2. The minimum atomic E-state index is 0.0127. The Kier molecular flexibility index (Phi) is 3.24. The molecule has 0 aliphatic carbocycles. The maximum atomic E-state index is 12.1. The van der Waals surface area contributed by atoms with E-state index in [1.54, 1.807) is 17.0 Å². The van der Waals surface area contributed by atoms with Crippen LogP contribution < -0.4 is 15.8 Å². The summed E-state index contributed by atoms with van der Waals surface area (Å²) in [7, 11) is 1.94. The average molecular weight is 222 g/mol. The van der Waals surface area contributed by atoms with E-state index in [1.807, 2.05) is 11.9 Å². The maximum absolute atomic E-state index is 12.1. The first-order valence-electron chi connectivity index (χ1n) is 5.73. The summed E-state index contributed by atoms with van der Waals surface area (Å²) in [6.45, 7) is 4.68. The highest BCUT2D eigenvalue weighted by atomic mass is 16.1. The van der Waals surface area contributed by atoms with Gasteiger partial charge in [-0.05, 0) is 6.42 Å². The van der Waals surface area contributed by atoms with Gasteiger partial charge in [0.25, 0.3) is 5.56 Å². The summed E-state index contributed by atoms with van der Waals surface area (Å²) in [4.78, 5) is 18.2. The Morgan fingerprint density at radius 2 is 2.38 bits per heavy atom. The lowest BCUT2D eigenvalue weighted by atomic mass is 10.1. The van der Waals surface area contributed by atoms with Gasteiger partial charge in [0, 0.05) is 39.1 Å². The number of hydrogen-bond donors (Lipinski definition) is 1. The zero-order valence-corrected chi connectivity index (χ0v) is 9.81. The molecule has 5 heteroatoms. The average Bonchev–Trinajstić information content (AvgIpc) is 2.18. The summed E-state index contributed by atoms with van der Waals surface area (Å²) in [5, 5.41) is 3.19. The molecule has 0 unspecified atom stereocenters. The molecule has 1 N–H and O–H groups in total. The van der Waals surface area contributed by atoms with Crippen molar-refractivity contribution in [1.29, 1.82) is 0 Å². The van der Waals surface area contributed by atoms with Gasteiger partial charge < -0.3 is 14.8 Å². The summed E-state index contributed by atoms with van der Waals surface area (Å²) >= 11 is 0. The Hall–Kier alpha value is -1.36. The molecular weight excluding hydrogens is 204 g/mol. The van der Waals surface area contributed by atoms with Gasteiger partial charge in [0.05, 0.1) is 6.04 Å². The predicted octanol–water partition coefficient (Wildman–Crippen LogP) is 0.0613. The van der Waals surface area contributed by atoms with Crippen molar-refractivity contribution in [3.8, 4) is 0 Å². The molecule has 5 nitrogen and oxygen atoms in total. The smallest absolute Gasteiger partial charge is 0.293 e. The Balaban J connectivity index is 2.26. The lowest BCUT2D eigenvalue weighted by Crippen LogP contribution is -2.57. The van der Waals surface area contributed by atoms with Crippen molar-refractivity contribution in [3.63, 3.8) is 0 Å². The first kappa shape index (κ1) is 11.1. The van der Waals surface area contributed by atoms with Crippen LogP contribution in [0, 0.1) is 0 Å². The normalized spacial score (nSPS) is 15.9. The highest BCUT2D eigenvalue weighted by Gasteiger charge is 2.24. The van der Waals surface area contributed by atoms with Crippen LogP contribution in [0.2, 0.25) is 0 Å².